The van der Waals surface area contributed by atoms with Crippen LogP contribution in [0.1, 0.15) is 26.7 Å². The van der Waals surface area contributed by atoms with E-state index in [-0.39, 0.29) is 0 Å². The normalized spacial score (nSPS) is 26.8. The van der Waals surface area contributed by atoms with E-state index < -0.39 is 0 Å². The fourth-order valence-corrected chi connectivity index (χ4v) is 3.78. The second kappa shape index (κ2) is 5.00. The highest BCUT2D eigenvalue weighted by Gasteiger charge is 2.30. The lowest BCUT2D eigenvalue weighted by atomic mass is 9.98. The van der Waals surface area contributed by atoms with Gasteiger partial charge in [-0.05, 0) is 42.9 Å². The van der Waals surface area contributed by atoms with Gasteiger partial charge in [0.1, 0.15) is 5.75 Å². The lowest BCUT2D eigenvalue weighted by Crippen LogP contribution is -2.23. The molecule has 1 aromatic heterocycles. The quantitative estimate of drug-likeness (QED) is 0.914. The summed E-state index contributed by atoms with van der Waals surface area (Å²) in [5.41, 5.74) is 1.05. The van der Waals surface area contributed by atoms with Crippen LogP contribution in [0.25, 0.3) is 10.2 Å². The first-order valence-electron chi connectivity index (χ1n) is 6.88. The van der Waals surface area contributed by atoms with Gasteiger partial charge in [0.2, 0.25) is 0 Å². The Labute approximate surface area is 118 Å². The van der Waals surface area contributed by atoms with Crippen LogP contribution in [-0.2, 0) is 0 Å². The molecule has 3 nitrogen and oxygen atoms in total. The first kappa shape index (κ1) is 12.7. The second-order valence-electron chi connectivity index (χ2n) is 5.52. The maximum atomic E-state index is 5.25. The number of aromatic nitrogens is 1. The van der Waals surface area contributed by atoms with E-state index in [2.05, 4.69) is 30.2 Å². The Morgan fingerprint density at radius 3 is 2.84 bits per heavy atom. The van der Waals surface area contributed by atoms with Gasteiger partial charge in [-0.15, -0.1) is 0 Å². The van der Waals surface area contributed by atoms with Crippen molar-refractivity contribution in [1.29, 1.82) is 0 Å². The number of rotatable bonds is 3. The third-order valence-electron chi connectivity index (χ3n) is 4.37. The molecule has 0 spiro atoms. The van der Waals surface area contributed by atoms with E-state index in [9.17, 15) is 0 Å². The van der Waals surface area contributed by atoms with Gasteiger partial charge in [-0.25, -0.2) is 4.98 Å². The van der Waals surface area contributed by atoms with E-state index in [0.717, 1.165) is 28.2 Å². The molecule has 1 aliphatic carbocycles. The van der Waals surface area contributed by atoms with Crippen LogP contribution in [0, 0.1) is 11.8 Å². The molecule has 19 heavy (non-hydrogen) atoms. The predicted octanol–water partition coefficient (Wildman–Crippen LogP) is 4.15. The number of ether oxygens (including phenoxy) is 1. The van der Waals surface area contributed by atoms with Crippen molar-refractivity contribution in [2.75, 3.05) is 12.4 Å². The van der Waals surface area contributed by atoms with Crippen LogP contribution in [0.3, 0.4) is 0 Å². The van der Waals surface area contributed by atoms with Gasteiger partial charge in [0.15, 0.2) is 5.13 Å². The molecule has 0 bridgehead atoms. The van der Waals surface area contributed by atoms with E-state index in [1.54, 1.807) is 18.4 Å². The molecule has 0 radical (unpaired) electrons. The topological polar surface area (TPSA) is 34.1 Å². The maximum absolute atomic E-state index is 5.25. The van der Waals surface area contributed by atoms with Crippen molar-refractivity contribution >= 4 is 26.7 Å². The highest BCUT2D eigenvalue weighted by Crippen LogP contribution is 2.35. The van der Waals surface area contributed by atoms with Crippen molar-refractivity contribution in [3.63, 3.8) is 0 Å². The zero-order valence-corrected chi connectivity index (χ0v) is 12.5. The Bertz CT molecular complexity index is 581. The summed E-state index contributed by atoms with van der Waals surface area (Å²) < 4.78 is 6.44. The highest BCUT2D eigenvalue weighted by atomic mass is 32.1. The molecule has 102 valence electrons. The zero-order valence-electron chi connectivity index (χ0n) is 11.6. The number of benzene rings is 1. The number of thiazole rings is 1. The van der Waals surface area contributed by atoms with Crippen molar-refractivity contribution in [2.24, 2.45) is 11.8 Å². The van der Waals surface area contributed by atoms with E-state index in [4.69, 9.17) is 4.74 Å². The largest absolute Gasteiger partial charge is 0.497 e. The summed E-state index contributed by atoms with van der Waals surface area (Å²) in [7, 11) is 1.70. The van der Waals surface area contributed by atoms with Crippen molar-refractivity contribution in [3.8, 4) is 5.75 Å². The van der Waals surface area contributed by atoms with Crippen LogP contribution >= 0.6 is 11.3 Å². The van der Waals surface area contributed by atoms with Gasteiger partial charge < -0.3 is 10.1 Å². The number of nitrogens with one attached hydrogen (secondary N) is 1. The molecule has 0 aliphatic heterocycles. The SMILES string of the molecule is COc1ccc2nc(NC3CCC(C)C3C)sc2c1. The highest BCUT2D eigenvalue weighted by molar-refractivity contribution is 7.22. The molecule has 0 saturated heterocycles. The maximum Gasteiger partial charge on any atom is 0.184 e. The standard InChI is InChI=1S/C15H20N2OS/c1-9-4-6-12(10(9)2)16-15-17-13-7-5-11(18-3)8-14(13)19-15/h5,7-10,12H,4,6H2,1-3H3,(H,16,17). The Balaban J connectivity index is 1.82. The van der Waals surface area contributed by atoms with Crippen LogP contribution in [0.5, 0.6) is 5.75 Å². The number of hydrogen-bond donors (Lipinski definition) is 1. The fourth-order valence-electron chi connectivity index (χ4n) is 2.82. The number of nitrogens with zero attached hydrogens (tertiary/aromatic N) is 1. The van der Waals surface area contributed by atoms with Gasteiger partial charge in [-0.3, -0.25) is 0 Å². The summed E-state index contributed by atoms with van der Waals surface area (Å²) in [6.07, 6.45) is 2.57. The minimum atomic E-state index is 0.567. The molecule has 4 heteroatoms. The molecule has 1 fully saturated rings. The number of hydrogen-bond acceptors (Lipinski definition) is 4. The molecular weight excluding hydrogens is 256 g/mol. The molecular formula is C15H20N2OS. The van der Waals surface area contributed by atoms with Crippen molar-refractivity contribution in [1.82, 2.24) is 4.98 Å². The Kier molecular flexibility index (Phi) is 3.35. The lowest BCUT2D eigenvalue weighted by Gasteiger charge is -2.18. The summed E-state index contributed by atoms with van der Waals surface area (Å²) >= 11 is 1.71. The molecule has 3 unspecified atom stereocenters. The fraction of sp³-hybridized carbons (Fsp3) is 0.533. The molecule has 1 aromatic carbocycles. The average molecular weight is 276 g/mol. The van der Waals surface area contributed by atoms with Gasteiger partial charge in [0.25, 0.3) is 0 Å². The molecule has 0 amide bonds. The summed E-state index contributed by atoms with van der Waals surface area (Å²) in [5.74, 6) is 2.43. The van der Waals surface area contributed by atoms with Gasteiger partial charge >= 0.3 is 0 Å². The smallest absolute Gasteiger partial charge is 0.184 e. The van der Waals surface area contributed by atoms with E-state index in [1.165, 1.54) is 17.5 Å². The molecule has 3 atom stereocenters. The Morgan fingerprint density at radius 2 is 2.16 bits per heavy atom. The Hall–Kier alpha value is -1.29. The van der Waals surface area contributed by atoms with Crippen LogP contribution in [0.15, 0.2) is 18.2 Å². The summed E-state index contributed by atoms with van der Waals surface area (Å²) in [4.78, 5) is 4.66. The van der Waals surface area contributed by atoms with Gasteiger partial charge in [0.05, 0.1) is 17.3 Å². The van der Waals surface area contributed by atoms with E-state index in [1.807, 2.05) is 12.1 Å². The van der Waals surface area contributed by atoms with E-state index in [0.29, 0.717) is 6.04 Å². The molecule has 1 heterocycles. The van der Waals surface area contributed by atoms with Crippen LogP contribution in [0.4, 0.5) is 5.13 Å². The third-order valence-corrected chi connectivity index (χ3v) is 5.32. The molecule has 1 N–H and O–H groups in total. The van der Waals surface area contributed by atoms with E-state index >= 15 is 0 Å². The van der Waals surface area contributed by atoms with Crippen LogP contribution in [-0.4, -0.2) is 18.1 Å². The van der Waals surface area contributed by atoms with Crippen molar-refractivity contribution < 1.29 is 4.74 Å². The molecule has 3 rings (SSSR count). The molecule has 1 saturated carbocycles. The first-order chi connectivity index (χ1) is 9.17. The van der Waals surface area contributed by atoms with Crippen molar-refractivity contribution in [3.05, 3.63) is 18.2 Å². The Morgan fingerprint density at radius 1 is 1.32 bits per heavy atom. The second-order valence-corrected chi connectivity index (χ2v) is 6.55. The van der Waals surface area contributed by atoms with Gasteiger partial charge in [0, 0.05) is 6.04 Å². The lowest BCUT2D eigenvalue weighted by molar-refractivity contribution is 0.415. The minimum absolute atomic E-state index is 0.567. The van der Waals surface area contributed by atoms with Crippen LogP contribution in [0.2, 0.25) is 0 Å². The number of methoxy groups -OCH3 is 1. The predicted molar refractivity (Wildman–Crippen MR) is 81.1 cm³/mol. The van der Waals surface area contributed by atoms with Gasteiger partial charge in [-0.2, -0.15) is 0 Å². The summed E-state index contributed by atoms with van der Waals surface area (Å²) in [6, 6.07) is 6.61. The summed E-state index contributed by atoms with van der Waals surface area (Å²) in [6.45, 7) is 4.68. The van der Waals surface area contributed by atoms with Crippen LogP contribution < -0.4 is 10.1 Å². The average Bonchev–Trinajstić information content (AvgIpc) is 2.95. The number of anilines is 1. The monoisotopic (exact) mass is 276 g/mol. The number of fused-ring (bicyclic) bond motifs is 1. The van der Waals surface area contributed by atoms with Gasteiger partial charge in [-0.1, -0.05) is 25.2 Å². The van der Waals surface area contributed by atoms with Crippen molar-refractivity contribution in [2.45, 2.75) is 32.7 Å². The molecule has 1 aliphatic rings. The molecule has 2 aromatic rings. The third kappa shape index (κ3) is 2.41. The summed E-state index contributed by atoms with van der Waals surface area (Å²) in [5, 5.41) is 4.65. The minimum Gasteiger partial charge on any atom is -0.497 e. The first-order valence-corrected chi connectivity index (χ1v) is 7.70. The zero-order chi connectivity index (χ0) is 13.4.